The molecule has 8 heteroatoms. The summed E-state index contributed by atoms with van der Waals surface area (Å²) in [5.41, 5.74) is 1.10. The summed E-state index contributed by atoms with van der Waals surface area (Å²) < 4.78 is 5.32. The molecule has 1 aromatic carbocycles. The first-order chi connectivity index (χ1) is 12.8. The summed E-state index contributed by atoms with van der Waals surface area (Å²) in [7, 11) is 0. The van der Waals surface area contributed by atoms with Crippen molar-refractivity contribution in [2.75, 3.05) is 50.0 Å². The van der Waals surface area contributed by atoms with E-state index in [0.29, 0.717) is 23.7 Å². The van der Waals surface area contributed by atoms with E-state index in [9.17, 15) is 4.79 Å². The molecule has 3 rings (SSSR count). The lowest BCUT2D eigenvalue weighted by Gasteiger charge is -2.26. The SMILES string of the molecule is N#Cc1ccccc1NC(=O)c1ccnc(NCCN2CCOCC2)n1. The molecule has 0 atom stereocenters. The molecule has 134 valence electrons. The number of ether oxygens (including phenoxy) is 1. The van der Waals surface area contributed by atoms with Gasteiger partial charge in [0.15, 0.2) is 0 Å². The molecule has 0 radical (unpaired) electrons. The minimum absolute atomic E-state index is 0.238. The monoisotopic (exact) mass is 352 g/mol. The third kappa shape index (κ3) is 4.75. The highest BCUT2D eigenvalue weighted by molar-refractivity contribution is 6.03. The third-order valence-electron chi connectivity index (χ3n) is 4.00. The van der Waals surface area contributed by atoms with E-state index in [1.807, 2.05) is 6.07 Å². The van der Waals surface area contributed by atoms with Crippen LogP contribution >= 0.6 is 0 Å². The molecule has 1 fully saturated rings. The average molecular weight is 352 g/mol. The van der Waals surface area contributed by atoms with E-state index >= 15 is 0 Å². The van der Waals surface area contributed by atoms with E-state index < -0.39 is 0 Å². The van der Waals surface area contributed by atoms with Gasteiger partial charge in [0.2, 0.25) is 5.95 Å². The van der Waals surface area contributed by atoms with E-state index in [1.54, 1.807) is 24.3 Å². The van der Waals surface area contributed by atoms with Gasteiger partial charge in [0.25, 0.3) is 5.91 Å². The summed E-state index contributed by atoms with van der Waals surface area (Å²) in [4.78, 5) is 23.1. The highest BCUT2D eigenvalue weighted by Crippen LogP contribution is 2.14. The summed E-state index contributed by atoms with van der Waals surface area (Å²) in [6, 6.07) is 10.4. The first-order valence-electron chi connectivity index (χ1n) is 8.44. The fourth-order valence-corrected chi connectivity index (χ4v) is 2.60. The number of rotatable bonds is 6. The van der Waals surface area contributed by atoms with Gasteiger partial charge in [0.1, 0.15) is 11.8 Å². The number of benzene rings is 1. The van der Waals surface area contributed by atoms with Crippen LogP contribution in [0.5, 0.6) is 0 Å². The van der Waals surface area contributed by atoms with Crippen molar-refractivity contribution in [1.82, 2.24) is 14.9 Å². The molecule has 0 saturated carbocycles. The zero-order chi connectivity index (χ0) is 18.2. The number of carbonyl (C=O) groups excluding carboxylic acids is 1. The molecule has 1 amide bonds. The maximum absolute atomic E-state index is 12.4. The summed E-state index contributed by atoms with van der Waals surface area (Å²) in [5.74, 6) is 0.0193. The van der Waals surface area contributed by atoms with E-state index in [4.69, 9.17) is 10.00 Å². The van der Waals surface area contributed by atoms with Crippen molar-refractivity contribution in [3.05, 3.63) is 47.8 Å². The van der Waals surface area contributed by atoms with Gasteiger partial charge in [-0.1, -0.05) is 12.1 Å². The molecule has 8 nitrogen and oxygen atoms in total. The van der Waals surface area contributed by atoms with Crippen LogP contribution < -0.4 is 10.6 Å². The molecule has 2 heterocycles. The van der Waals surface area contributed by atoms with E-state index in [1.165, 1.54) is 12.3 Å². The lowest BCUT2D eigenvalue weighted by atomic mass is 10.2. The fraction of sp³-hybridized carbons (Fsp3) is 0.333. The number of amides is 1. The zero-order valence-corrected chi connectivity index (χ0v) is 14.3. The van der Waals surface area contributed by atoms with Crippen LogP contribution in [-0.4, -0.2) is 60.2 Å². The number of carbonyl (C=O) groups is 1. The molecule has 1 saturated heterocycles. The molecular weight excluding hydrogens is 332 g/mol. The molecule has 1 aliphatic rings. The summed E-state index contributed by atoms with van der Waals surface area (Å²) in [6.45, 7) is 4.90. The Morgan fingerprint density at radius 1 is 1.27 bits per heavy atom. The Labute approximate surface area is 151 Å². The van der Waals surface area contributed by atoms with Gasteiger partial charge < -0.3 is 15.4 Å². The summed E-state index contributed by atoms with van der Waals surface area (Å²) in [5, 5.41) is 14.9. The van der Waals surface area contributed by atoms with E-state index in [2.05, 4.69) is 25.5 Å². The number of nitrogens with zero attached hydrogens (tertiary/aromatic N) is 4. The number of nitrogens with one attached hydrogen (secondary N) is 2. The lowest BCUT2D eigenvalue weighted by Crippen LogP contribution is -2.39. The van der Waals surface area contributed by atoms with Gasteiger partial charge in [-0.05, 0) is 18.2 Å². The van der Waals surface area contributed by atoms with Crippen molar-refractivity contribution in [1.29, 1.82) is 5.26 Å². The van der Waals surface area contributed by atoms with Crippen molar-refractivity contribution in [2.24, 2.45) is 0 Å². The predicted octanol–water partition coefficient (Wildman–Crippen LogP) is 1.34. The predicted molar refractivity (Wildman–Crippen MR) is 96.9 cm³/mol. The van der Waals surface area contributed by atoms with Gasteiger partial charge in [-0.2, -0.15) is 5.26 Å². The van der Waals surface area contributed by atoms with Crippen LogP contribution in [0.25, 0.3) is 0 Å². The van der Waals surface area contributed by atoms with Crippen LogP contribution in [-0.2, 0) is 4.74 Å². The first kappa shape index (κ1) is 17.8. The Morgan fingerprint density at radius 2 is 2.08 bits per heavy atom. The molecule has 2 aromatic rings. The Balaban J connectivity index is 1.57. The average Bonchev–Trinajstić information content (AvgIpc) is 2.69. The minimum Gasteiger partial charge on any atom is -0.379 e. The number of nitriles is 1. The maximum atomic E-state index is 12.4. The molecule has 0 aliphatic carbocycles. The van der Waals surface area contributed by atoms with Gasteiger partial charge in [-0.25, -0.2) is 9.97 Å². The number of anilines is 2. The highest BCUT2D eigenvalue weighted by Gasteiger charge is 2.12. The van der Waals surface area contributed by atoms with Crippen LogP contribution in [0.4, 0.5) is 11.6 Å². The molecule has 0 unspecified atom stereocenters. The number of para-hydroxylation sites is 1. The van der Waals surface area contributed by atoms with Gasteiger partial charge in [-0.15, -0.1) is 0 Å². The molecular formula is C18H20N6O2. The highest BCUT2D eigenvalue weighted by atomic mass is 16.5. The Morgan fingerprint density at radius 3 is 2.88 bits per heavy atom. The molecule has 2 N–H and O–H groups in total. The maximum Gasteiger partial charge on any atom is 0.274 e. The van der Waals surface area contributed by atoms with Crippen molar-refractivity contribution in [3.63, 3.8) is 0 Å². The fourth-order valence-electron chi connectivity index (χ4n) is 2.60. The Hall–Kier alpha value is -3.02. The second-order valence-electron chi connectivity index (χ2n) is 5.76. The van der Waals surface area contributed by atoms with Crippen molar-refractivity contribution in [3.8, 4) is 6.07 Å². The largest absolute Gasteiger partial charge is 0.379 e. The van der Waals surface area contributed by atoms with Crippen LogP contribution in [0.3, 0.4) is 0 Å². The molecule has 0 spiro atoms. The lowest BCUT2D eigenvalue weighted by molar-refractivity contribution is 0.0398. The summed E-state index contributed by atoms with van der Waals surface area (Å²) in [6.07, 6.45) is 1.54. The Kier molecular flexibility index (Phi) is 6.09. The van der Waals surface area contributed by atoms with Crippen LogP contribution in [0.2, 0.25) is 0 Å². The van der Waals surface area contributed by atoms with Crippen molar-refractivity contribution < 1.29 is 9.53 Å². The Bertz CT molecular complexity index is 798. The van der Waals surface area contributed by atoms with Gasteiger partial charge in [0.05, 0.1) is 24.5 Å². The smallest absolute Gasteiger partial charge is 0.274 e. The first-order valence-corrected chi connectivity index (χ1v) is 8.44. The van der Waals surface area contributed by atoms with Crippen LogP contribution in [0.15, 0.2) is 36.5 Å². The van der Waals surface area contributed by atoms with Crippen LogP contribution in [0.1, 0.15) is 16.1 Å². The number of hydrogen-bond donors (Lipinski definition) is 2. The molecule has 1 aliphatic heterocycles. The normalized spacial score (nSPS) is 14.4. The van der Waals surface area contributed by atoms with Crippen molar-refractivity contribution >= 4 is 17.5 Å². The zero-order valence-electron chi connectivity index (χ0n) is 14.3. The van der Waals surface area contributed by atoms with Crippen molar-refractivity contribution in [2.45, 2.75) is 0 Å². The van der Waals surface area contributed by atoms with E-state index in [-0.39, 0.29) is 11.6 Å². The second-order valence-corrected chi connectivity index (χ2v) is 5.76. The number of aromatic nitrogens is 2. The van der Waals surface area contributed by atoms with Gasteiger partial charge >= 0.3 is 0 Å². The standard InChI is InChI=1S/C18H20N6O2/c19-13-14-3-1-2-4-15(14)22-17(25)16-5-6-20-18(23-16)21-7-8-24-9-11-26-12-10-24/h1-6H,7-12H2,(H,22,25)(H,20,21,23). The second kappa shape index (κ2) is 8.89. The van der Waals surface area contributed by atoms with Gasteiger partial charge in [-0.3, -0.25) is 9.69 Å². The number of hydrogen-bond acceptors (Lipinski definition) is 7. The molecule has 1 aromatic heterocycles. The summed E-state index contributed by atoms with van der Waals surface area (Å²) >= 11 is 0. The van der Waals surface area contributed by atoms with Gasteiger partial charge in [0, 0.05) is 32.4 Å². The number of morpholine rings is 1. The topological polar surface area (TPSA) is 103 Å². The van der Waals surface area contributed by atoms with E-state index in [0.717, 1.165) is 32.8 Å². The quantitative estimate of drug-likeness (QED) is 0.809. The minimum atomic E-state index is -0.383. The molecule has 26 heavy (non-hydrogen) atoms. The third-order valence-corrected chi connectivity index (χ3v) is 4.00. The van der Waals surface area contributed by atoms with Crippen LogP contribution in [0, 0.1) is 11.3 Å². The molecule has 0 bridgehead atoms.